The number of nitrogens with one attached hydrogen (secondary N) is 1. The zero-order valence-corrected chi connectivity index (χ0v) is 18.8. The smallest absolute Gasteiger partial charge is 0.236 e. The Morgan fingerprint density at radius 3 is 2.61 bits per heavy atom. The lowest BCUT2D eigenvalue weighted by atomic mass is 9.83. The second-order valence-electron chi connectivity index (χ2n) is 8.67. The maximum absolute atomic E-state index is 15.6. The fourth-order valence-corrected chi connectivity index (χ4v) is 5.56. The van der Waals surface area contributed by atoms with E-state index in [1.165, 1.54) is 16.2 Å². The molecule has 31 heavy (non-hydrogen) atoms. The molecule has 0 radical (unpaired) electrons. The molecule has 0 unspecified atom stereocenters. The first-order chi connectivity index (χ1) is 14.5. The molecule has 6 nitrogen and oxygen atoms in total. The van der Waals surface area contributed by atoms with E-state index in [2.05, 4.69) is 10.4 Å². The van der Waals surface area contributed by atoms with E-state index >= 15 is 4.39 Å². The summed E-state index contributed by atoms with van der Waals surface area (Å²) in [6.07, 6.45) is 4.51. The van der Waals surface area contributed by atoms with Crippen LogP contribution in [0.2, 0.25) is 0 Å². The van der Waals surface area contributed by atoms with Gasteiger partial charge in [0.2, 0.25) is 10.0 Å². The lowest BCUT2D eigenvalue weighted by molar-refractivity contribution is 0.595. The van der Waals surface area contributed by atoms with Crippen LogP contribution in [0.25, 0.3) is 33.3 Å². The van der Waals surface area contributed by atoms with Gasteiger partial charge >= 0.3 is 0 Å². The molecular weight excluding hydrogens is 415 g/mol. The Labute approximate surface area is 180 Å². The molecule has 1 aliphatic rings. The Morgan fingerprint density at radius 2 is 1.90 bits per heavy atom. The molecule has 1 aliphatic heterocycles. The van der Waals surface area contributed by atoms with Crippen LogP contribution in [0.3, 0.4) is 0 Å². The highest BCUT2D eigenvalue weighted by atomic mass is 32.2. The van der Waals surface area contributed by atoms with Crippen LogP contribution >= 0.6 is 0 Å². The molecule has 1 N–H and O–H groups in total. The van der Waals surface area contributed by atoms with Crippen molar-refractivity contribution in [1.29, 1.82) is 0 Å². The number of anilines is 1. The van der Waals surface area contributed by atoms with E-state index in [-0.39, 0.29) is 11.4 Å². The first-order valence-electron chi connectivity index (χ1n) is 9.96. The molecule has 2 aromatic heterocycles. The van der Waals surface area contributed by atoms with E-state index in [4.69, 9.17) is 0 Å². The molecular formula is C23H23FN4O2S. The van der Waals surface area contributed by atoms with Gasteiger partial charge in [-0.3, -0.25) is 4.68 Å². The molecule has 0 saturated carbocycles. The summed E-state index contributed by atoms with van der Waals surface area (Å²) in [5.41, 5.74) is 5.67. The van der Waals surface area contributed by atoms with E-state index in [9.17, 15) is 8.42 Å². The topological polar surface area (TPSA) is 68.9 Å². The largest absolute Gasteiger partial charge is 0.375 e. The molecule has 0 aliphatic carbocycles. The molecule has 0 spiro atoms. The summed E-state index contributed by atoms with van der Waals surface area (Å²) < 4.78 is 42.9. The van der Waals surface area contributed by atoms with Crippen LogP contribution in [0.15, 0.2) is 42.7 Å². The Bertz CT molecular complexity index is 1500. The van der Waals surface area contributed by atoms with Crippen molar-refractivity contribution in [2.24, 2.45) is 7.05 Å². The number of benzene rings is 2. The molecule has 0 amide bonds. The van der Waals surface area contributed by atoms with Crippen molar-refractivity contribution >= 4 is 26.6 Å². The van der Waals surface area contributed by atoms with Gasteiger partial charge in [-0.25, -0.2) is 16.8 Å². The zero-order chi connectivity index (χ0) is 22.3. The molecule has 8 heteroatoms. The normalized spacial score (nSPS) is 14.9. The van der Waals surface area contributed by atoms with Gasteiger partial charge in [0.1, 0.15) is 5.82 Å². The van der Waals surface area contributed by atoms with Crippen molar-refractivity contribution in [2.75, 3.05) is 11.6 Å². The molecule has 4 aromatic rings. The highest BCUT2D eigenvalue weighted by molar-refractivity contribution is 7.89. The molecule has 0 bridgehead atoms. The van der Waals surface area contributed by atoms with Crippen molar-refractivity contribution in [3.05, 3.63) is 59.7 Å². The fourth-order valence-electron chi connectivity index (χ4n) is 4.76. The summed E-state index contributed by atoms with van der Waals surface area (Å²) in [5, 5.41) is 8.59. The zero-order valence-electron chi connectivity index (χ0n) is 18.0. The van der Waals surface area contributed by atoms with E-state index in [1.807, 2.05) is 44.8 Å². The summed E-state index contributed by atoms with van der Waals surface area (Å²) in [6, 6.07) is 8.57. The number of hydrogen-bond donors (Lipinski definition) is 1. The van der Waals surface area contributed by atoms with E-state index < -0.39 is 10.0 Å². The minimum absolute atomic E-state index is 0.357. The molecule has 2 aromatic carbocycles. The summed E-state index contributed by atoms with van der Waals surface area (Å²) in [6.45, 7) is 6.00. The van der Waals surface area contributed by atoms with Crippen LogP contribution in [-0.2, 0) is 22.6 Å². The summed E-state index contributed by atoms with van der Waals surface area (Å²) >= 11 is 0. The molecule has 5 rings (SSSR count). The Balaban J connectivity index is 1.84. The average Bonchev–Trinajstić information content (AvgIpc) is 3.26. The Kier molecular flexibility index (Phi) is 3.96. The van der Waals surface area contributed by atoms with Crippen LogP contribution in [0, 0.1) is 12.7 Å². The Hall–Kier alpha value is -3.13. The van der Waals surface area contributed by atoms with Crippen LogP contribution in [0.1, 0.15) is 25.0 Å². The van der Waals surface area contributed by atoms with E-state index in [0.717, 1.165) is 34.3 Å². The highest BCUT2D eigenvalue weighted by Crippen LogP contribution is 2.48. The third-order valence-corrected chi connectivity index (χ3v) is 7.18. The first-order valence-corrected chi connectivity index (χ1v) is 11.8. The SMILES string of the molecule is Cc1c(-c2cccc3c2ccn3S(C)(=O)=O)c(F)cc2c1-c1c(cnn1C)C(C)(C)N2. The number of aryl methyl sites for hydroxylation is 1. The number of nitrogens with zero attached hydrogens (tertiary/aromatic N) is 3. The van der Waals surface area contributed by atoms with Crippen LogP contribution in [-0.4, -0.2) is 28.4 Å². The van der Waals surface area contributed by atoms with Crippen LogP contribution in [0.4, 0.5) is 10.1 Å². The quantitative estimate of drug-likeness (QED) is 0.496. The molecule has 0 saturated heterocycles. The van der Waals surface area contributed by atoms with Gasteiger partial charge in [-0.1, -0.05) is 12.1 Å². The number of fused-ring (bicyclic) bond motifs is 4. The van der Waals surface area contributed by atoms with Crippen molar-refractivity contribution in [1.82, 2.24) is 13.8 Å². The Morgan fingerprint density at radius 1 is 1.16 bits per heavy atom. The minimum Gasteiger partial charge on any atom is -0.375 e. The second-order valence-corrected chi connectivity index (χ2v) is 10.5. The van der Waals surface area contributed by atoms with Crippen molar-refractivity contribution < 1.29 is 12.8 Å². The van der Waals surface area contributed by atoms with Gasteiger partial charge in [0.25, 0.3) is 0 Å². The monoisotopic (exact) mass is 438 g/mol. The van der Waals surface area contributed by atoms with Crippen molar-refractivity contribution in [2.45, 2.75) is 26.3 Å². The first kappa shape index (κ1) is 19.8. The highest BCUT2D eigenvalue weighted by Gasteiger charge is 2.35. The maximum Gasteiger partial charge on any atom is 0.236 e. The molecule has 3 heterocycles. The lowest BCUT2D eigenvalue weighted by Gasteiger charge is -2.35. The van der Waals surface area contributed by atoms with Crippen molar-refractivity contribution in [3.63, 3.8) is 0 Å². The van der Waals surface area contributed by atoms with Gasteiger partial charge in [0.05, 0.1) is 29.2 Å². The third-order valence-electron chi connectivity index (χ3n) is 6.15. The third kappa shape index (κ3) is 2.74. The van der Waals surface area contributed by atoms with Gasteiger partial charge in [-0.05, 0) is 50.1 Å². The predicted octanol–water partition coefficient (Wildman–Crippen LogP) is 4.62. The number of halogens is 1. The number of hydrogen-bond acceptors (Lipinski definition) is 4. The number of aromatic nitrogens is 3. The van der Waals surface area contributed by atoms with E-state index in [0.29, 0.717) is 22.0 Å². The summed E-state index contributed by atoms with van der Waals surface area (Å²) in [5.74, 6) is -0.357. The van der Waals surface area contributed by atoms with Gasteiger partial charge < -0.3 is 5.32 Å². The van der Waals surface area contributed by atoms with Crippen LogP contribution in [0.5, 0.6) is 0 Å². The number of rotatable bonds is 2. The molecule has 0 fully saturated rings. The predicted molar refractivity (Wildman–Crippen MR) is 121 cm³/mol. The standard InChI is InChI=1S/C23H23FN4O2S/c1-13-20(15-7-6-8-19-14(15)9-10-28(19)31(5,29)30)17(24)11-18-21(13)22-16(12-25-27(22)4)23(2,3)26-18/h6-12,26H,1-5H3. The van der Waals surface area contributed by atoms with Gasteiger partial charge in [0.15, 0.2) is 0 Å². The fraction of sp³-hybridized carbons (Fsp3) is 0.261. The van der Waals surface area contributed by atoms with Crippen molar-refractivity contribution in [3.8, 4) is 22.4 Å². The van der Waals surface area contributed by atoms with Gasteiger partial charge in [-0.2, -0.15) is 5.10 Å². The van der Waals surface area contributed by atoms with Gasteiger partial charge in [0, 0.05) is 41.0 Å². The summed E-state index contributed by atoms with van der Waals surface area (Å²) in [7, 11) is -1.58. The molecule has 160 valence electrons. The lowest BCUT2D eigenvalue weighted by Crippen LogP contribution is -2.32. The summed E-state index contributed by atoms with van der Waals surface area (Å²) in [4.78, 5) is 0. The second kappa shape index (κ2) is 6.20. The van der Waals surface area contributed by atoms with E-state index in [1.54, 1.807) is 18.2 Å². The maximum atomic E-state index is 15.6. The minimum atomic E-state index is -3.47. The average molecular weight is 439 g/mol. The van der Waals surface area contributed by atoms with Crippen LogP contribution < -0.4 is 5.32 Å². The van der Waals surface area contributed by atoms with Gasteiger partial charge in [-0.15, -0.1) is 0 Å². The molecule has 0 atom stereocenters.